The highest BCUT2D eigenvalue weighted by molar-refractivity contribution is 5.35. The molecule has 66 valence electrons. The Labute approximate surface area is 73.0 Å². The third-order valence-electron chi connectivity index (χ3n) is 2.38. The van der Waals surface area contributed by atoms with Crippen molar-refractivity contribution < 1.29 is 4.42 Å². The van der Waals surface area contributed by atoms with Gasteiger partial charge in [0.05, 0.1) is 12.8 Å². The minimum atomic E-state index is 0.211. The van der Waals surface area contributed by atoms with Crippen LogP contribution in [-0.4, -0.2) is 0 Å². The summed E-state index contributed by atoms with van der Waals surface area (Å²) in [4.78, 5) is 0. The predicted octanol–water partition coefficient (Wildman–Crippen LogP) is 2.18. The molecule has 0 bridgehead atoms. The van der Waals surface area contributed by atoms with Crippen molar-refractivity contribution >= 4 is 0 Å². The zero-order valence-electron chi connectivity index (χ0n) is 7.90. The normalized spacial score (nSPS) is 16.6. The van der Waals surface area contributed by atoms with Crippen LogP contribution >= 0.6 is 0 Å². The first kappa shape index (κ1) is 7.87. The highest BCUT2D eigenvalue weighted by Gasteiger charge is 2.25. The predicted molar refractivity (Wildman–Crippen MR) is 48.0 cm³/mol. The fraction of sp³-hybridized carbons (Fsp3) is 0.600. The molecule has 1 aliphatic heterocycles. The van der Waals surface area contributed by atoms with Gasteiger partial charge in [0.15, 0.2) is 0 Å². The van der Waals surface area contributed by atoms with Crippen molar-refractivity contribution in [3.8, 4) is 0 Å². The summed E-state index contributed by atoms with van der Waals surface area (Å²) < 4.78 is 5.47. The molecule has 12 heavy (non-hydrogen) atoms. The van der Waals surface area contributed by atoms with Gasteiger partial charge in [0.25, 0.3) is 0 Å². The van der Waals surface area contributed by atoms with Crippen molar-refractivity contribution in [3.63, 3.8) is 0 Å². The van der Waals surface area contributed by atoms with Crippen molar-refractivity contribution in [2.75, 3.05) is 0 Å². The molecule has 1 aromatic rings. The van der Waals surface area contributed by atoms with E-state index in [1.165, 1.54) is 11.1 Å². The molecule has 0 saturated heterocycles. The first-order valence-corrected chi connectivity index (χ1v) is 4.39. The van der Waals surface area contributed by atoms with E-state index in [-0.39, 0.29) is 5.41 Å². The lowest BCUT2D eigenvalue weighted by Crippen LogP contribution is -2.13. The van der Waals surface area contributed by atoms with Gasteiger partial charge in [-0.1, -0.05) is 20.8 Å². The maximum Gasteiger partial charge on any atom is 0.122 e. The molecule has 0 spiro atoms. The molecule has 2 heteroatoms. The third-order valence-corrected chi connectivity index (χ3v) is 2.38. The van der Waals surface area contributed by atoms with Gasteiger partial charge in [-0.05, 0) is 5.41 Å². The van der Waals surface area contributed by atoms with Gasteiger partial charge in [-0.2, -0.15) is 0 Å². The van der Waals surface area contributed by atoms with E-state index in [9.17, 15) is 0 Å². The van der Waals surface area contributed by atoms with Gasteiger partial charge in [0.2, 0.25) is 0 Å². The van der Waals surface area contributed by atoms with E-state index in [1.54, 1.807) is 0 Å². The maximum absolute atomic E-state index is 5.47. The number of nitrogens with one attached hydrogen (secondary N) is 1. The second kappa shape index (κ2) is 2.36. The van der Waals surface area contributed by atoms with Crippen LogP contribution in [-0.2, 0) is 18.5 Å². The lowest BCUT2D eigenvalue weighted by Gasteiger charge is -2.17. The summed E-state index contributed by atoms with van der Waals surface area (Å²) in [6.45, 7) is 8.52. The molecule has 2 rings (SSSR count). The molecule has 2 nitrogen and oxygen atoms in total. The van der Waals surface area contributed by atoms with E-state index in [4.69, 9.17) is 4.42 Å². The van der Waals surface area contributed by atoms with Crippen LogP contribution in [0.15, 0.2) is 10.7 Å². The van der Waals surface area contributed by atoms with Crippen LogP contribution < -0.4 is 5.32 Å². The number of hydrogen-bond donors (Lipinski definition) is 1. The molecule has 1 aliphatic rings. The summed E-state index contributed by atoms with van der Waals surface area (Å²) in [5.41, 5.74) is 2.94. The van der Waals surface area contributed by atoms with E-state index in [0.29, 0.717) is 0 Å². The monoisotopic (exact) mass is 165 g/mol. The lowest BCUT2D eigenvalue weighted by molar-refractivity contribution is 0.490. The Morgan fingerprint density at radius 2 is 2.08 bits per heavy atom. The van der Waals surface area contributed by atoms with Crippen molar-refractivity contribution in [1.82, 2.24) is 5.32 Å². The van der Waals surface area contributed by atoms with Crippen LogP contribution in [0.25, 0.3) is 0 Å². The second-order valence-corrected chi connectivity index (χ2v) is 4.40. The number of hydrogen-bond acceptors (Lipinski definition) is 2. The molecule has 0 atom stereocenters. The molecule has 1 N–H and O–H groups in total. The Balaban J connectivity index is 2.46. The molecule has 0 aromatic carbocycles. The zero-order valence-corrected chi connectivity index (χ0v) is 7.90. The molecule has 0 radical (unpaired) electrons. The summed E-state index contributed by atoms with van der Waals surface area (Å²) in [7, 11) is 0. The lowest BCUT2D eigenvalue weighted by atomic mass is 9.86. The van der Waals surface area contributed by atoms with Crippen molar-refractivity contribution in [2.45, 2.75) is 39.3 Å². The zero-order chi connectivity index (χ0) is 8.77. The van der Waals surface area contributed by atoms with Crippen molar-refractivity contribution in [2.24, 2.45) is 0 Å². The molecular weight excluding hydrogens is 150 g/mol. The average molecular weight is 165 g/mol. The minimum absolute atomic E-state index is 0.211. The number of furan rings is 1. The van der Waals surface area contributed by atoms with E-state index < -0.39 is 0 Å². The van der Waals surface area contributed by atoms with Gasteiger partial charge in [0, 0.05) is 17.7 Å². The van der Waals surface area contributed by atoms with Crippen molar-refractivity contribution in [3.05, 3.63) is 23.2 Å². The van der Waals surface area contributed by atoms with E-state index >= 15 is 0 Å². The van der Waals surface area contributed by atoms with Gasteiger partial charge in [-0.25, -0.2) is 0 Å². The maximum atomic E-state index is 5.47. The summed E-state index contributed by atoms with van der Waals surface area (Å²) in [5.74, 6) is 1.12. The highest BCUT2D eigenvalue weighted by Crippen LogP contribution is 2.31. The highest BCUT2D eigenvalue weighted by atomic mass is 16.3. The molecule has 0 aliphatic carbocycles. The van der Waals surface area contributed by atoms with Gasteiger partial charge in [0.1, 0.15) is 5.76 Å². The second-order valence-electron chi connectivity index (χ2n) is 4.40. The first-order valence-electron chi connectivity index (χ1n) is 4.39. The van der Waals surface area contributed by atoms with Crippen molar-refractivity contribution in [1.29, 1.82) is 0 Å². The molecule has 0 unspecified atom stereocenters. The minimum Gasteiger partial charge on any atom is -0.467 e. The average Bonchev–Trinajstić information content (AvgIpc) is 2.37. The number of fused-ring (bicyclic) bond motifs is 1. The van der Waals surface area contributed by atoms with E-state index in [2.05, 4.69) is 26.1 Å². The largest absolute Gasteiger partial charge is 0.467 e. The quantitative estimate of drug-likeness (QED) is 0.637. The van der Waals surface area contributed by atoms with Gasteiger partial charge in [-0.15, -0.1) is 0 Å². The Morgan fingerprint density at radius 1 is 1.33 bits per heavy atom. The van der Waals surface area contributed by atoms with Crippen LogP contribution in [0, 0.1) is 0 Å². The van der Waals surface area contributed by atoms with E-state index in [0.717, 1.165) is 18.8 Å². The standard InChI is InChI=1S/C10H15NO/c1-10(2,3)8-6-12-9-5-11-4-7(8)9/h6,11H,4-5H2,1-3H3. The Hall–Kier alpha value is -0.760. The van der Waals surface area contributed by atoms with Gasteiger partial charge in [-0.3, -0.25) is 0 Å². The number of rotatable bonds is 0. The van der Waals surface area contributed by atoms with Crippen LogP contribution in [0.1, 0.15) is 37.7 Å². The molecule has 1 aromatic heterocycles. The molecule has 2 heterocycles. The van der Waals surface area contributed by atoms with E-state index in [1.807, 2.05) is 6.26 Å². The van der Waals surface area contributed by atoms with Crippen LogP contribution in [0.3, 0.4) is 0 Å². The fourth-order valence-corrected chi connectivity index (χ4v) is 1.70. The van der Waals surface area contributed by atoms with Crippen LogP contribution in [0.4, 0.5) is 0 Å². The molecule has 0 fully saturated rings. The summed E-state index contributed by atoms with van der Waals surface area (Å²) in [5, 5.41) is 3.29. The molecule has 0 saturated carbocycles. The SMILES string of the molecule is CC(C)(C)c1coc2c1CNC2. The van der Waals surface area contributed by atoms with Crippen LogP contribution in [0.5, 0.6) is 0 Å². The Morgan fingerprint density at radius 3 is 2.75 bits per heavy atom. The van der Waals surface area contributed by atoms with Gasteiger partial charge < -0.3 is 9.73 Å². The summed E-state index contributed by atoms with van der Waals surface area (Å²) in [6.07, 6.45) is 1.91. The molecule has 0 amide bonds. The fourth-order valence-electron chi connectivity index (χ4n) is 1.70. The Bertz CT molecular complexity index is 293. The smallest absolute Gasteiger partial charge is 0.122 e. The topological polar surface area (TPSA) is 25.2 Å². The Kier molecular flexibility index (Phi) is 1.55. The third kappa shape index (κ3) is 1.07. The first-order chi connectivity index (χ1) is 5.59. The van der Waals surface area contributed by atoms with Gasteiger partial charge >= 0.3 is 0 Å². The van der Waals surface area contributed by atoms with Crippen LogP contribution in [0.2, 0.25) is 0 Å². The summed E-state index contributed by atoms with van der Waals surface area (Å²) >= 11 is 0. The summed E-state index contributed by atoms with van der Waals surface area (Å²) in [6, 6.07) is 0. The molecular formula is C10H15NO.